The van der Waals surface area contributed by atoms with Gasteiger partial charge in [-0.2, -0.15) is 13.2 Å². The number of hydrogen-bond donors (Lipinski definition) is 6. The van der Waals surface area contributed by atoms with Gasteiger partial charge in [-0.25, -0.2) is 29.9 Å². The van der Waals surface area contributed by atoms with Gasteiger partial charge in [-0.15, -0.1) is 0 Å². The van der Waals surface area contributed by atoms with Crippen LogP contribution >= 0.6 is 34.8 Å². The number of nitrogens with one attached hydrogen (secondary N) is 6. The minimum Gasteiger partial charge on any atom is -0.363 e. The number of hydrogen-bond acceptors (Lipinski definition) is 20. The van der Waals surface area contributed by atoms with Gasteiger partial charge in [-0.3, -0.25) is 14.4 Å². The Morgan fingerprint density at radius 3 is 1.30 bits per heavy atom. The first-order valence-electron chi connectivity index (χ1n) is 37.2. The standard InChI is InChI=1S/C27H32ClF3N6O.C26H34ClN7O.C25H32ClN7O/c1-15(2)32-11-21(17-4-6-18(28)7-5-17)26(38)36-12-19-8-9-20(13-36)37(19)25-23-22(27(29,30)31)10-16(3)35-24(23)33-14-34-25;1-16(2)28-11-22(18-5-7-19(27)8-6-18)26(35)33-13-20-9-10-21(14-33)34(20)25-23-24(29-15-30-25)31-17(3)12-32(23)4;1-15(2)27-12-19(17-5-7-18(26)8-6-17)25(34)33-10-9-32(20-11-21(20)33)24-22-23(28-14-29-24)30-16(3)13-31(22)4/h4-7,14-15,19-22,32H,3,8-13H2,1-2H3,(H,33,34,35);5-8,15-16,20-22,28H,3,9-14H2,1-2,4H3,(H,29,30,31);5-8,14-15,19-21,27H,3,9-13H2,1-2,4H3,(H,28,29,30)/t19?,20?,21-,22-;20?,21?,22-;19-,20+,21-/m111/s1. The van der Waals surface area contributed by atoms with Gasteiger partial charge in [0.05, 0.1) is 48.8 Å². The summed E-state index contributed by atoms with van der Waals surface area (Å²) in [6.45, 7) is 31.1. The van der Waals surface area contributed by atoms with E-state index < -0.39 is 18.0 Å². The summed E-state index contributed by atoms with van der Waals surface area (Å²) in [6, 6.07) is 24.2. The number of piperazine rings is 3. The summed E-state index contributed by atoms with van der Waals surface area (Å²) in [6.07, 6.45) is 4.44. The molecule has 5 saturated heterocycles. The van der Waals surface area contributed by atoms with Gasteiger partial charge in [0, 0.05) is 159 Å². The Kier molecular flexibility index (Phi) is 23.2. The number of halogens is 6. The van der Waals surface area contributed by atoms with Crippen molar-refractivity contribution < 1.29 is 27.6 Å². The van der Waals surface area contributed by atoms with E-state index in [1.54, 1.807) is 24.8 Å². The molecule has 4 bridgehead atoms. The molecule has 29 heteroatoms. The third-order valence-electron chi connectivity index (χ3n) is 21.8. The number of likely N-dealkylation sites (N-methyl/N-ethyl adjacent to an activating group) is 2. The number of nitrogens with zero attached hydrogens (tertiary/aromatic N) is 14. The molecule has 10 atom stereocenters. The molecule has 6 aromatic rings. The van der Waals surface area contributed by atoms with Crippen LogP contribution in [0.4, 0.5) is 59.5 Å². The molecule has 15 rings (SSSR count). The van der Waals surface area contributed by atoms with Crippen molar-refractivity contribution in [1.82, 2.24) is 60.6 Å². The van der Waals surface area contributed by atoms with Crippen molar-refractivity contribution in [3.8, 4) is 0 Å². The largest absolute Gasteiger partial charge is 0.396 e. The summed E-state index contributed by atoms with van der Waals surface area (Å²) in [5.41, 5.74) is 7.09. The Hall–Kier alpha value is -8.53. The molecular weight excluding hydrogens is 1430 g/mol. The Morgan fingerprint density at radius 1 is 0.505 bits per heavy atom. The van der Waals surface area contributed by atoms with Crippen molar-refractivity contribution in [3.05, 3.63) is 166 Å². The van der Waals surface area contributed by atoms with E-state index in [1.165, 1.54) is 6.33 Å². The number of carbonyl (C=O) groups excluding carboxylic acids is 3. The van der Waals surface area contributed by atoms with E-state index in [4.69, 9.17) is 39.8 Å². The monoisotopic (exact) mass is 1520 g/mol. The van der Waals surface area contributed by atoms with Crippen molar-refractivity contribution in [2.24, 2.45) is 0 Å². The number of likely N-dealkylation sites (tertiary alicyclic amines) is 2. The van der Waals surface area contributed by atoms with Crippen molar-refractivity contribution in [3.63, 3.8) is 0 Å². The number of allylic oxidation sites excluding steroid dienone is 1. The normalized spacial score (nSPS) is 22.9. The van der Waals surface area contributed by atoms with Crippen LogP contribution in [-0.2, 0) is 14.4 Å². The summed E-state index contributed by atoms with van der Waals surface area (Å²) in [4.78, 5) is 85.3. The Balaban J connectivity index is 0.000000142. The van der Waals surface area contributed by atoms with Gasteiger partial charge < -0.3 is 71.1 Å². The molecule has 3 aromatic heterocycles. The summed E-state index contributed by atoms with van der Waals surface area (Å²) < 4.78 is 42.3. The highest BCUT2D eigenvalue weighted by Gasteiger charge is 2.54. The first-order chi connectivity index (χ1) is 51.2. The van der Waals surface area contributed by atoms with E-state index in [2.05, 4.69) is 141 Å². The van der Waals surface area contributed by atoms with Crippen molar-refractivity contribution in [2.75, 3.05) is 127 Å². The first-order valence-corrected chi connectivity index (χ1v) is 38.4. The zero-order valence-electron chi connectivity index (χ0n) is 62.1. The molecular formula is C78H98Cl3F3N20O3. The van der Waals surface area contributed by atoms with Gasteiger partial charge in [-0.1, -0.05) is 132 Å². The Morgan fingerprint density at radius 2 is 0.879 bits per heavy atom. The van der Waals surface area contributed by atoms with E-state index in [-0.39, 0.29) is 95.3 Å². The van der Waals surface area contributed by atoms with Crippen molar-refractivity contribution in [1.29, 1.82) is 0 Å². The van der Waals surface area contributed by atoms with Gasteiger partial charge >= 0.3 is 6.18 Å². The van der Waals surface area contributed by atoms with Crippen LogP contribution in [0.3, 0.4) is 0 Å². The van der Waals surface area contributed by atoms with E-state index in [0.29, 0.717) is 98.4 Å². The number of alkyl halides is 3. The molecule has 0 spiro atoms. The second-order valence-electron chi connectivity index (χ2n) is 30.6. The van der Waals surface area contributed by atoms with Gasteiger partial charge in [-0.05, 0) is 85.2 Å². The van der Waals surface area contributed by atoms with E-state index >= 15 is 0 Å². The van der Waals surface area contributed by atoms with Crippen LogP contribution in [0.25, 0.3) is 0 Å². The van der Waals surface area contributed by atoms with Gasteiger partial charge in [0.1, 0.15) is 42.0 Å². The molecule has 11 heterocycles. The van der Waals surface area contributed by atoms with Crippen LogP contribution in [0.5, 0.6) is 0 Å². The maximum Gasteiger partial charge on any atom is 0.396 e. The molecule has 1 saturated carbocycles. The Bertz CT molecular complexity index is 4220. The number of amides is 3. The van der Waals surface area contributed by atoms with E-state index in [0.717, 1.165) is 101 Å². The molecule has 23 nitrogen and oxygen atoms in total. The highest BCUT2D eigenvalue weighted by molar-refractivity contribution is 6.31. The molecule has 6 N–H and O–H groups in total. The predicted octanol–water partition coefficient (Wildman–Crippen LogP) is 11.6. The van der Waals surface area contributed by atoms with E-state index in [9.17, 15) is 27.6 Å². The molecule has 1 aliphatic carbocycles. The maximum absolute atomic E-state index is 14.1. The van der Waals surface area contributed by atoms with Gasteiger partial charge in [0.2, 0.25) is 17.7 Å². The lowest BCUT2D eigenvalue weighted by Crippen LogP contribution is -2.57. The smallest absolute Gasteiger partial charge is 0.363 e. The molecule has 0 radical (unpaired) electrons. The number of anilines is 8. The lowest BCUT2D eigenvalue weighted by molar-refractivity contribution is -0.150. The fraction of sp³-hybridized carbons (Fsp3) is 0.500. The molecule has 3 amide bonds. The minimum absolute atomic E-state index is 0.00729. The minimum atomic E-state index is -4.45. The molecule has 3 aromatic carbocycles. The molecule has 6 fully saturated rings. The highest BCUT2D eigenvalue weighted by atomic mass is 35.5. The van der Waals surface area contributed by atoms with Gasteiger partial charge in [0.25, 0.3) is 0 Å². The average molecular weight is 1530 g/mol. The van der Waals surface area contributed by atoms with Crippen molar-refractivity contribution >= 4 is 98.8 Å². The van der Waals surface area contributed by atoms with Crippen LogP contribution in [-0.4, -0.2) is 209 Å². The van der Waals surface area contributed by atoms with Crippen LogP contribution in [0.15, 0.2) is 129 Å². The number of carbonyl (C=O) groups is 3. The predicted molar refractivity (Wildman–Crippen MR) is 419 cm³/mol. The lowest BCUT2D eigenvalue weighted by Gasteiger charge is -2.44. The van der Waals surface area contributed by atoms with Crippen LogP contribution < -0.4 is 56.4 Å². The summed E-state index contributed by atoms with van der Waals surface area (Å²) >= 11 is 18.3. The summed E-state index contributed by atoms with van der Waals surface area (Å²) in [5.74, 6) is 1.73. The maximum atomic E-state index is 14.1. The second kappa shape index (κ2) is 32.3. The van der Waals surface area contributed by atoms with Crippen LogP contribution in [0.2, 0.25) is 15.1 Å². The molecule has 570 valence electrons. The lowest BCUT2D eigenvalue weighted by atomic mass is 9.90. The number of benzene rings is 3. The van der Waals surface area contributed by atoms with E-state index in [1.807, 2.05) is 91.4 Å². The van der Waals surface area contributed by atoms with Gasteiger partial charge in [0.15, 0.2) is 23.3 Å². The van der Waals surface area contributed by atoms with Crippen LogP contribution in [0.1, 0.15) is 126 Å². The van der Waals surface area contributed by atoms with Crippen LogP contribution in [0, 0.1) is 0 Å². The number of rotatable bonds is 18. The third kappa shape index (κ3) is 16.9. The highest BCUT2D eigenvalue weighted by Crippen LogP contribution is 2.51. The fourth-order valence-corrected chi connectivity index (χ4v) is 17.0. The zero-order valence-corrected chi connectivity index (χ0v) is 64.3. The molecule has 8 aliphatic heterocycles. The van der Waals surface area contributed by atoms with Crippen molar-refractivity contribution in [2.45, 2.75) is 164 Å². The second-order valence-corrected chi connectivity index (χ2v) is 31.9. The number of fused-ring (bicyclic) bond motifs is 8. The SMILES string of the molecule is C=C1CN(C)c2c(ncnc2N2C3CCC2CN(C(=O)[C@H](CNC(C)C)c2ccc(Cl)cc2)C3)N1.C=C1CN(C)c2c(ncnc2N2CCN(C(=O)[C@H](CNC(C)C)c3ccc(Cl)cc3)[C@@H]3C[C@@H]32)N1.C=C1C[C@@H](C(F)(F)F)c2c(ncnc2N2C3CCC2CN(C(=O)[C@H](CNC(C)C)c2ccc(Cl)cc2)C3)N1. The Labute approximate surface area is 640 Å². The molecule has 4 unspecified atom stereocenters. The molecule has 9 aliphatic rings. The quantitative estimate of drug-likeness (QED) is 0.0470. The molecule has 107 heavy (non-hydrogen) atoms. The fourth-order valence-electron chi connectivity index (χ4n) is 16.6. The third-order valence-corrected chi connectivity index (χ3v) is 22.6. The summed E-state index contributed by atoms with van der Waals surface area (Å²) in [7, 11) is 4.10. The average Bonchev–Trinajstić information content (AvgIpc) is 1.60. The zero-order chi connectivity index (χ0) is 75.9. The first kappa shape index (κ1) is 76.7. The number of aromatic nitrogens is 6. The topological polar surface area (TPSA) is 227 Å². The summed E-state index contributed by atoms with van der Waals surface area (Å²) in [5, 5.41) is 21.8.